The monoisotopic (exact) mass is 296 g/mol. The Balaban J connectivity index is 1.95. The van der Waals surface area contributed by atoms with Gasteiger partial charge in [-0.1, -0.05) is 0 Å². The highest BCUT2D eigenvalue weighted by Gasteiger charge is 2.08. The first-order valence-corrected chi connectivity index (χ1v) is 6.51. The molecule has 3 rings (SSSR count). The number of nitrogens with one attached hydrogen (secondary N) is 1. The zero-order valence-corrected chi connectivity index (χ0v) is 11.6. The molecule has 1 heterocycles. The molecule has 0 saturated heterocycles. The van der Waals surface area contributed by atoms with Crippen LogP contribution in [0.1, 0.15) is 11.4 Å². The van der Waals surface area contributed by atoms with Crippen molar-refractivity contribution in [3.63, 3.8) is 0 Å². The molecule has 7 nitrogen and oxygen atoms in total. The van der Waals surface area contributed by atoms with E-state index in [-0.39, 0.29) is 17.0 Å². The predicted molar refractivity (Wildman–Crippen MR) is 82.8 cm³/mol. The van der Waals surface area contributed by atoms with Crippen molar-refractivity contribution in [2.24, 2.45) is 4.99 Å². The molecule has 0 bridgehead atoms. The fraction of sp³-hybridized carbons (Fsp3) is 0.0667. The molecule has 0 atom stereocenters. The predicted octanol–water partition coefficient (Wildman–Crippen LogP) is 3.24. The number of non-ortho nitro benzene ring substituents is 1. The first kappa shape index (κ1) is 13.7. The van der Waals surface area contributed by atoms with Gasteiger partial charge in [-0.3, -0.25) is 15.1 Å². The molecule has 22 heavy (non-hydrogen) atoms. The Hall–Kier alpha value is -3.22. The van der Waals surface area contributed by atoms with Crippen LogP contribution in [0.3, 0.4) is 0 Å². The van der Waals surface area contributed by atoms with E-state index in [0.29, 0.717) is 5.69 Å². The Morgan fingerprint density at radius 2 is 2.14 bits per heavy atom. The van der Waals surface area contributed by atoms with Crippen LogP contribution in [-0.4, -0.2) is 26.2 Å². The Bertz CT molecular complexity index is 899. The van der Waals surface area contributed by atoms with Gasteiger partial charge in [-0.2, -0.15) is 0 Å². The largest absolute Gasteiger partial charge is 0.507 e. The van der Waals surface area contributed by atoms with Crippen LogP contribution in [0.5, 0.6) is 5.75 Å². The van der Waals surface area contributed by atoms with Crippen molar-refractivity contribution < 1.29 is 10.0 Å². The molecule has 0 fully saturated rings. The smallest absolute Gasteiger partial charge is 0.270 e. The van der Waals surface area contributed by atoms with Gasteiger partial charge in [0.2, 0.25) is 0 Å². The van der Waals surface area contributed by atoms with Gasteiger partial charge in [-0.05, 0) is 31.2 Å². The minimum Gasteiger partial charge on any atom is -0.507 e. The number of phenolic OH excluding ortho intramolecular Hbond substituents is 1. The lowest BCUT2D eigenvalue weighted by Gasteiger charge is -1.99. The van der Waals surface area contributed by atoms with E-state index in [0.717, 1.165) is 16.9 Å². The summed E-state index contributed by atoms with van der Waals surface area (Å²) in [6.45, 7) is 1.87. The van der Waals surface area contributed by atoms with Gasteiger partial charge in [0, 0.05) is 23.9 Å². The number of rotatable bonds is 3. The number of aliphatic imine (C=N–C) groups is 1. The molecule has 2 aromatic carbocycles. The minimum absolute atomic E-state index is 0.0622. The second-order valence-corrected chi connectivity index (χ2v) is 4.78. The van der Waals surface area contributed by atoms with Crippen molar-refractivity contribution in [3.8, 4) is 5.75 Å². The van der Waals surface area contributed by atoms with E-state index in [1.807, 2.05) is 19.1 Å². The number of fused-ring (bicyclic) bond motifs is 1. The van der Waals surface area contributed by atoms with E-state index >= 15 is 0 Å². The third-order valence-corrected chi connectivity index (χ3v) is 3.16. The number of hydrogen-bond donors (Lipinski definition) is 2. The first-order valence-electron chi connectivity index (χ1n) is 6.51. The quantitative estimate of drug-likeness (QED) is 0.439. The number of nitro groups is 1. The molecular weight excluding hydrogens is 284 g/mol. The second kappa shape index (κ2) is 5.28. The number of nitrogens with zero attached hydrogens (tertiary/aromatic N) is 3. The maximum atomic E-state index is 10.8. The zero-order chi connectivity index (χ0) is 15.7. The van der Waals surface area contributed by atoms with Gasteiger partial charge < -0.3 is 10.1 Å². The summed E-state index contributed by atoms with van der Waals surface area (Å²) in [5, 5.41) is 20.5. The average Bonchev–Trinajstić information content (AvgIpc) is 2.85. The molecule has 0 saturated carbocycles. The molecule has 0 spiro atoms. The number of imidazole rings is 1. The summed E-state index contributed by atoms with van der Waals surface area (Å²) in [6.07, 6.45) is 1.40. The Kier molecular flexibility index (Phi) is 3.30. The van der Waals surface area contributed by atoms with E-state index in [4.69, 9.17) is 0 Å². The van der Waals surface area contributed by atoms with Gasteiger partial charge in [0.1, 0.15) is 11.6 Å². The van der Waals surface area contributed by atoms with E-state index < -0.39 is 4.92 Å². The third-order valence-electron chi connectivity index (χ3n) is 3.16. The van der Waals surface area contributed by atoms with Crippen LogP contribution in [0.2, 0.25) is 0 Å². The van der Waals surface area contributed by atoms with Gasteiger partial charge in [-0.25, -0.2) is 4.98 Å². The van der Waals surface area contributed by atoms with Crippen LogP contribution >= 0.6 is 0 Å². The molecule has 110 valence electrons. The number of aromatic nitrogens is 2. The third kappa shape index (κ3) is 2.64. The van der Waals surface area contributed by atoms with Crippen molar-refractivity contribution in [1.82, 2.24) is 9.97 Å². The number of hydrogen-bond acceptors (Lipinski definition) is 5. The van der Waals surface area contributed by atoms with Gasteiger partial charge >= 0.3 is 0 Å². The van der Waals surface area contributed by atoms with Gasteiger partial charge in [0.15, 0.2) is 0 Å². The summed E-state index contributed by atoms with van der Waals surface area (Å²) in [6, 6.07) is 9.23. The molecule has 3 aromatic rings. The highest BCUT2D eigenvalue weighted by atomic mass is 16.6. The van der Waals surface area contributed by atoms with Crippen molar-refractivity contribution in [1.29, 1.82) is 0 Å². The van der Waals surface area contributed by atoms with Gasteiger partial charge in [0.05, 0.1) is 21.6 Å². The van der Waals surface area contributed by atoms with Crippen molar-refractivity contribution >= 4 is 28.6 Å². The minimum atomic E-state index is -0.518. The number of aromatic hydroxyl groups is 1. The molecule has 0 aliphatic heterocycles. The number of nitro benzene ring substituents is 1. The Morgan fingerprint density at radius 1 is 1.32 bits per heavy atom. The summed E-state index contributed by atoms with van der Waals surface area (Å²) < 4.78 is 0. The molecule has 0 aliphatic rings. The van der Waals surface area contributed by atoms with Crippen LogP contribution in [0.25, 0.3) is 11.0 Å². The topological polar surface area (TPSA) is 104 Å². The lowest BCUT2D eigenvalue weighted by Crippen LogP contribution is -1.90. The highest BCUT2D eigenvalue weighted by molar-refractivity contribution is 5.87. The van der Waals surface area contributed by atoms with Crippen LogP contribution in [0.4, 0.5) is 11.4 Å². The number of H-pyrrole nitrogens is 1. The average molecular weight is 296 g/mol. The number of benzene rings is 2. The zero-order valence-electron chi connectivity index (χ0n) is 11.6. The molecule has 0 unspecified atom stereocenters. The van der Waals surface area contributed by atoms with Crippen molar-refractivity contribution in [2.75, 3.05) is 0 Å². The van der Waals surface area contributed by atoms with E-state index in [1.54, 1.807) is 6.07 Å². The number of aryl methyl sites for hydroxylation is 1. The fourth-order valence-corrected chi connectivity index (χ4v) is 2.11. The lowest BCUT2D eigenvalue weighted by molar-refractivity contribution is -0.384. The standard InChI is InChI=1S/C15H12N4O3/c1-9-17-13-4-2-11(7-14(13)18-9)16-8-10-6-12(19(21)22)3-5-15(10)20/h2-8,20H,1H3,(H,17,18). The van der Waals surface area contributed by atoms with Crippen LogP contribution < -0.4 is 0 Å². The first-order chi connectivity index (χ1) is 10.5. The summed E-state index contributed by atoms with van der Waals surface area (Å²) >= 11 is 0. The van der Waals surface area contributed by atoms with E-state index in [1.165, 1.54) is 24.4 Å². The molecular formula is C15H12N4O3. The molecule has 1 aromatic heterocycles. The molecule has 0 amide bonds. The normalized spacial score (nSPS) is 11.3. The number of aromatic amines is 1. The summed E-state index contributed by atoms with van der Waals surface area (Å²) in [7, 11) is 0. The molecule has 0 aliphatic carbocycles. The van der Waals surface area contributed by atoms with Gasteiger partial charge in [-0.15, -0.1) is 0 Å². The van der Waals surface area contributed by atoms with Crippen molar-refractivity contribution in [2.45, 2.75) is 6.92 Å². The Morgan fingerprint density at radius 3 is 2.91 bits per heavy atom. The lowest BCUT2D eigenvalue weighted by atomic mass is 10.2. The Labute approximate surface area is 125 Å². The van der Waals surface area contributed by atoms with Crippen LogP contribution in [0, 0.1) is 17.0 Å². The molecule has 7 heteroatoms. The van der Waals surface area contributed by atoms with E-state index in [9.17, 15) is 15.2 Å². The highest BCUT2D eigenvalue weighted by Crippen LogP contribution is 2.23. The van der Waals surface area contributed by atoms with Crippen LogP contribution in [0.15, 0.2) is 41.4 Å². The molecule has 2 N–H and O–H groups in total. The fourth-order valence-electron chi connectivity index (χ4n) is 2.11. The van der Waals surface area contributed by atoms with E-state index in [2.05, 4.69) is 15.0 Å². The van der Waals surface area contributed by atoms with Gasteiger partial charge in [0.25, 0.3) is 5.69 Å². The number of phenols is 1. The maximum Gasteiger partial charge on any atom is 0.270 e. The maximum absolute atomic E-state index is 10.8. The molecule has 0 radical (unpaired) electrons. The SMILES string of the molecule is Cc1nc2ccc(N=Cc3cc([N+](=O)[O-])ccc3O)cc2[nH]1. The summed E-state index contributed by atoms with van der Waals surface area (Å²) in [4.78, 5) is 21.9. The van der Waals surface area contributed by atoms with Crippen LogP contribution in [-0.2, 0) is 0 Å². The van der Waals surface area contributed by atoms with Crippen molar-refractivity contribution in [3.05, 3.63) is 57.9 Å². The second-order valence-electron chi connectivity index (χ2n) is 4.78. The summed E-state index contributed by atoms with van der Waals surface area (Å²) in [5.74, 6) is 0.750. The summed E-state index contributed by atoms with van der Waals surface area (Å²) in [5.41, 5.74) is 2.54.